The summed E-state index contributed by atoms with van der Waals surface area (Å²) in [6.07, 6.45) is 2.65. The summed E-state index contributed by atoms with van der Waals surface area (Å²) < 4.78 is 6.50. The zero-order valence-corrected chi connectivity index (χ0v) is 14.7. The standard InChI is InChI=1S/C20H14N2O3S/c1-12-6-7-17-15(8-12)19(23)13(10-25-17)9-21-22-20(24)16-11-26-18-5-3-2-4-14(16)18/h2-11H,1H3,(H,22,24)/b21-9-. The molecule has 26 heavy (non-hydrogen) atoms. The molecule has 2 aromatic carbocycles. The van der Waals surface area contributed by atoms with Crippen LogP contribution < -0.4 is 10.9 Å². The second kappa shape index (κ2) is 6.57. The van der Waals surface area contributed by atoms with E-state index in [1.165, 1.54) is 23.8 Å². The number of hydrogen-bond acceptors (Lipinski definition) is 5. The smallest absolute Gasteiger partial charge is 0.272 e. The van der Waals surface area contributed by atoms with Crippen molar-refractivity contribution in [2.45, 2.75) is 6.92 Å². The molecule has 4 rings (SSSR count). The van der Waals surface area contributed by atoms with Crippen LogP contribution in [0.1, 0.15) is 21.5 Å². The van der Waals surface area contributed by atoms with Crippen LogP contribution in [0, 0.1) is 6.92 Å². The normalized spacial score (nSPS) is 11.4. The van der Waals surface area contributed by atoms with E-state index in [0.717, 1.165) is 15.6 Å². The second-order valence-electron chi connectivity index (χ2n) is 5.86. The van der Waals surface area contributed by atoms with E-state index in [2.05, 4.69) is 10.5 Å². The molecule has 0 saturated heterocycles. The van der Waals surface area contributed by atoms with Crippen LogP contribution in [0.5, 0.6) is 0 Å². The molecule has 5 nitrogen and oxygen atoms in total. The molecular weight excluding hydrogens is 348 g/mol. The lowest BCUT2D eigenvalue weighted by Gasteiger charge is -2.00. The van der Waals surface area contributed by atoms with Gasteiger partial charge in [0, 0.05) is 15.5 Å². The number of amides is 1. The topological polar surface area (TPSA) is 71.7 Å². The van der Waals surface area contributed by atoms with Crippen LogP contribution in [-0.4, -0.2) is 12.1 Å². The minimum absolute atomic E-state index is 0.186. The van der Waals surface area contributed by atoms with Gasteiger partial charge in [0.25, 0.3) is 5.91 Å². The Morgan fingerprint density at radius 2 is 2.04 bits per heavy atom. The van der Waals surface area contributed by atoms with Gasteiger partial charge in [-0.3, -0.25) is 9.59 Å². The Hall–Kier alpha value is -3.25. The fourth-order valence-corrected chi connectivity index (χ4v) is 3.66. The molecule has 0 fully saturated rings. The molecule has 4 aromatic rings. The van der Waals surface area contributed by atoms with Crippen LogP contribution >= 0.6 is 11.3 Å². The fourth-order valence-electron chi connectivity index (χ4n) is 2.72. The molecule has 0 atom stereocenters. The van der Waals surface area contributed by atoms with Gasteiger partial charge in [0.15, 0.2) is 0 Å². The molecule has 0 aliphatic carbocycles. The van der Waals surface area contributed by atoms with E-state index in [9.17, 15) is 9.59 Å². The van der Waals surface area contributed by atoms with E-state index in [4.69, 9.17) is 4.42 Å². The highest BCUT2D eigenvalue weighted by Gasteiger charge is 2.11. The minimum atomic E-state index is -0.320. The van der Waals surface area contributed by atoms with Crippen molar-refractivity contribution in [2.75, 3.05) is 0 Å². The average molecular weight is 362 g/mol. The van der Waals surface area contributed by atoms with Gasteiger partial charge in [-0.15, -0.1) is 11.3 Å². The summed E-state index contributed by atoms with van der Waals surface area (Å²) in [5.41, 5.74) is 4.61. The van der Waals surface area contributed by atoms with Crippen molar-refractivity contribution in [1.82, 2.24) is 5.43 Å². The lowest BCUT2D eigenvalue weighted by Crippen LogP contribution is -2.18. The third kappa shape index (κ3) is 2.91. The van der Waals surface area contributed by atoms with Crippen LogP contribution in [0.2, 0.25) is 0 Å². The third-order valence-electron chi connectivity index (χ3n) is 4.05. The van der Waals surface area contributed by atoms with Gasteiger partial charge in [-0.1, -0.05) is 29.8 Å². The van der Waals surface area contributed by atoms with Gasteiger partial charge in [-0.2, -0.15) is 5.10 Å². The molecule has 0 aliphatic heterocycles. The zero-order valence-electron chi connectivity index (χ0n) is 13.9. The largest absolute Gasteiger partial charge is 0.463 e. The van der Waals surface area contributed by atoms with Crippen LogP contribution in [0.25, 0.3) is 21.1 Å². The van der Waals surface area contributed by atoms with Gasteiger partial charge >= 0.3 is 0 Å². The number of carbonyl (C=O) groups excluding carboxylic acids is 1. The first-order valence-corrected chi connectivity index (χ1v) is 8.83. The fraction of sp³-hybridized carbons (Fsp3) is 0.0500. The number of nitrogens with one attached hydrogen (secondary N) is 1. The Morgan fingerprint density at radius 3 is 2.92 bits per heavy atom. The highest BCUT2D eigenvalue weighted by molar-refractivity contribution is 7.17. The van der Waals surface area contributed by atoms with Crippen molar-refractivity contribution in [3.8, 4) is 0 Å². The first-order chi connectivity index (χ1) is 12.6. The maximum absolute atomic E-state index is 12.5. The molecule has 2 heterocycles. The molecule has 128 valence electrons. The maximum atomic E-state index is 12.5. The lowest BCUT2D eigenvalue weighted by atomic mass is 10.1. The number of rotatable bonds is 3. The Kier molecular flexibility index (Phi) is 4.10. The minimum Gasteiger partial charge on any atom is -0.463 e. The highest BCUT2D eigenvalue weighted by Crippen LogP contribution is 2.25. The van der Waals surface area contributed by atoms with E-state index in [0.29, 0.717) is 16.5 Å². The van der Waals surface area contributed by atoms with Gasteiger partial charge in [0.2, 0.25) is 5.43 Å². The number of thiophene rings is 1. The van der Waals surface area contributed by atoms with Crippen molar-refractivity contribution in [3.63, 3.8) is 0 Å². The van der Waals surface area contributed by atoms with Crippen molar-refractivity contribution < 1.29 is 9.21 Å². The van der Waals surface area contributed by atoms with Crippen LogP contribution in [0.4, 0.5) is 0 Å². The third-order valence-corrected chi connectivity index (χ3v) is 5.01. The molecule has 0 radical (unpaired) electrons. The number of aryl methyl sites for hydroxylation is 1. The SMILES string of the molecule is Cc1ccc2occ(/C=N\NC(=O)c3csc4ccccc34)c(=O)c2c1. The monoisotopic (exact) mass is 362 g/mol. The van der Waals surface area contributed by atoms with Crippen LogP contribution in [0.3, 0.4) is 0 Å². The van der Waals surface area contributed by atoms with Crippen molar-refractivity contribution in [2.24, 2.45) is 5.10 Å². The van der Waals surface area contributed by atoms with Gasteiger partial charge in [-0.25, -0.2) is 5.43 Å². The second-order valence-corrected chi connectivity index (χ2v) is 6.78. The first-order valence-electron chi connectivity index (χ1n) is 7.95. The van der Waals surface area contributed by atoms with Gasteiger partial charge in [0.1, 0.15) is 11.8 Å². The Labute approximate surface area is 152 Å². The average Bonchev–Trinajstić information content (AvgIpc) is 3.08. The molecule has 0 bridgehead atoms. The van der Waals surface area contributed by atoms with Crippen LogP contribution in [0.15, 0.2) is 68.4 Å². The van der Waals surface area contributed by atoms with E-state index in [-0.39, 0.29) is 16.9 Å². The van der Waals surface area contributed by atoms with Crippen molar-refractivity contribution in [1.29, 1.82) is 0 Å². The number of hydrazone groups is 1. The van der Waals surface area contributed by atoms with Crippen LogP contribution in [-0.2, 0) is 0 Å². The molecule has 1 amide bonds. The van der Waals surface area contributed by atoms with Gasteiger partial charge < -0.3 is 4.42 Å². The Balaban J connectivity index is 1.59. The summed E-state index contributed by atoms with van der Waals surface area (Å²) in [7, 11) is 0. The highest BCUT2D eigenvalue weighted by atomic mass is 32.1. The maximum Gasteiger partial charge on any atom is 0.272 e. The summed E-state index contributed by atoms with van der Waals surface area (Å²) in [5, 5.41) is 7.08. The van der Waals surface area contributed by atoms with E-state index in [1.54, 1.807) is 17.5 Å². The summed E-state index contributed by atoms with van der Waals surface area (Å²) in [6, 6.07) is 13.1. The van der Waals surface area contributed by atoms with E-state index < -0.39 is 0 Å². The predicted molar refractivity (Wildman–Crippen MR) is 104 cm³/mol. The number of fused-ring (bicyclic) bond motifs is 2. The predicted octanol–water partition coefficient (Wildman–Crippen LogP) is 4.08. The van der Waals surface area contributed by atoms with E-state index in [1.807, 2.05) is 37.3 Å². The zero-order chi connectivity index (χ0) is 18.1. The summed E-state index contributed by atoms with van der Waals surface area (Å²) in [5.74, 6) is -0.320. The lowest BCUT2D eigenvalue weighted by molar-refractivity contribution is 0.0957. The quantitative estimate of drug-likeness (QED) is 0.441. The molecule has 0 saturated carbocycles. The number of carbonyl (C=O) groups is 1. The Morgan fingerprint density at radius 1 is 1.19 bits per heavy atom. The summed E-state index contributed by atoms with van der Waals surface area (Å²) >= 11 is 1.50. The molecule has 0 spiro atoms. The molecule has 2 aromatic heterocycles. The molecule has 0 aliphatic rings. The molecule has 0 unspecified atom stereocenters. The van der Waals surface area contributed by atoms with Gasteiger partial charge in [-0.05, 0) is 25.1 Å². The molecule has 1 N–H and O–H groups in total. The van der Waals surface area contributed by atoms with Crippen molar-refractivity contribution in [3.05, 3.63) is 81.0 Å². The first kappa shape index (κ1) is 16.2. The molecule has 6 heteroatoms. The number of hydrogen-bond donors (Lipinski definition) is 1. The number of benzene rings is 2. The number of nitrogens with zero attached hydrogens (tertiary/aromatic N) is 1. The molecular formula is C20H14N2O3S. The van der Waals surface area contributed by atoms with Crippen molar-refractivity contribution >= 4 is 44.5 Å². The Bertz CT molecular complexity index is 1220. The summed E-state index contributed by atoms with van der Waals surface area (Å²) in [4.78, 5) is 24.8. The van der Waals surface area contributed by atoms with E-state index >= 15 is 0 Å². The van der Waals surface area contributed by atoms with Gasteiger partial charge in [0.05, 0.1) is 22.7 Å². The summed E-state index contributed by atoms with van der Waals surface area (Å²) in [6.45, 7) is 1.91.